The summed E-state index contributed by atoms with van der Waals surface area (Å²) in [6.45, 7) is 6.21. The third-order valence-corrected chi connectivity index (χ3v) is 4.96. The molecule has 0 N–H and O–H groups in total. The van der Waals surface area contributed by atoms with Crippen LogP contribution < -0.4 is 4.74 Å². The van der Waals surface area contributed by atoms with E-state index in [-0.39, 0.29) is 5.97 Å². The number of methoxy groups -OCH3 is 1. The number of thioether (sulfide) groups is 1. The molecule has 2 aromatic rings. The number of esters is 1. The molecule has 2 aromatic carbocycles. The van der Waals surface area contributed by atoms with Crippen molar-refractivity contribution in [3.8, 4) is 5.75 Å². The van der Waals surface area contributed by atoms with Gasteiger partial charge in [0.15, 0.2) is 0 Å². The summed E-state index contributed by atoms with van der Waals surface area (Å²) < 4.78 is 9.85. The quantitative estimate of drug-likeness (QED) is 0.741. The third kappa shape index (κ3) is 3.22. The van der Waals surface area contributed by atoms with Crippen molar-refractivity contribution in [3.63, 3.8) is 0 Å². The summed E-state index contributed by atoms with van der Waals surface area (Å²) in [5.74, 6) is 1.49. The Kier molecular flexibility index (Phi) is 5.35. The number of rotatable bonds is 6. The molecule has 4 heteroatoms. The summed E-state index contributed by atoms with van der Waals surface area (Å²) >= 11 is 1.60. The second-order valence-corrected chi connectivity index (χ2v) is 6.80. The van der Waals surface area contributed by atoms with Crippen molar-refractivity contribution >= 4 is 28.5 Å². The first-order valence-corrected chi connectivity index (χ1v) is 8.43. The normalized spacial score (nSPS) is 13.6. The van der Waals surface area contributed by atoms with E-state index in [0.717, 1.165) is 27.8 Å². The number of hydrogen-bond donors (Lipinski definition) is 0. The molecule has 3 nitrogen and oxygen atoms in total. The number of carbonyl (C=O) groups is 1. The Bertz CT molecular complexity index is 668. The number of hydrogen-bond acceptors (Lipinski definition) is 4. The van der Waals surface area contributed by atoms with Crippen molar-refractivity contribution in [1.82, 2.24) is 0 Å². The van der Waals surface area contributed by atoms with Gasteiger partial charge in [0.05, 0.1) is 13.7 Å². The zero-order valence-electron chi connectivity index (χ0n) is 13.5. The summed E-state index contributed by atoms with van der Waals surface area (Å²) in [6, 6.07) is 12.0. The van der Waals surface area contributed by atoms with Gasteiger partial charge < -0.3 is 9.47 Å². The van der Waals surface area contributed by atoms with Crippen molar-refractivity contribution in [3.05, 3.63) is 42.0 Å². The minimum absolute atomic E-state index is 0.185. The van der Waals surface area contributed by atoms with E-state index < -0.39 is 4.75 Å². The monoisotopic (exact) mass is 318 g/mol. The van der Waals surface area contributed by atoms with Gasteiger partial charge in [-0.3, -0.25) is 4.79 Å². The molecule has 0 saturated heterocycles. The van der Waals surface area contributed by atoms with Gasteiger partial charge in [-0.25, -0.2) is 0 Å². The predicted octanol–water partition coefficient (Wildman–Crippen LogP) is 4.38. The molecule has 1 atom stereocenters. The Morgan fingerprint density at radius 1 is 1.14 bits per heavy atom. The van der Waals surface area contributed by atoms with Gasteiger partial charge in [-0.15, -0.1) is 11.8 Å². The van der Waals surface area contributed by atoms with E-state index in [2.05, 4.69) is 6.07 Å². The molecule has 2 rings (SSSR count). The zero-order chi connectivity index (χ0) is 16.2. The smallest absolute Gasteiger partial charge is 0.326 e. The lowest BCUT2D eigenvalue weighted by molar-refractivity contribution is -0.145. The summed E-state index contributed by atoms with van der Waals surface area (Å²) in [7, 11) is 1.66. The first kappa shape index (κ1) is 16.7. The SMILES string of the molecule is CCOC(=O)C(C)(SCC)c1ccc2cc(OC)ccc2c1. The van der Waals surface area contributed by atoms with Crippen molar-refractivity contribution in [2.75, 3.05) is 19.5 Å². The highest BCUT2D eigenvalue weighted by molar-refractivity contribution is 8.00. The predicted molar refractivity (Wildman–Crippen MR) is 92.6 cm³/mol. The Balaban J connectivity index is 2.48. The van der Waals surface area contributed by atoms with Gasteiger partial charge in [-0.05, 0) is 54.1 Å². The van der Waals surface area contributed by atoms with Crippen LogP contribution >= 0.6 is 11.8 Å². The average molecular weight is 318 g/mol. The third-order valence-electron chi connectivity index (χ3n) is 3.70. The van der Waals surface area contributed by atoms with Crippen molar-refractivity contribution in [2.24, 2.45) is 0 Å². The second kappa shape index (κ2) is 7.05. The Hall–Kier alpha value is -1.68. The van der Waals surface area contributed by atoms with Crippen LogP contribution in [-0.4, -0.2) is 25.4 Å². The van der Waals surface area contributed by atoms with Gasteiger partial charge in [-0.2, -0.15) is 0 Å². The maximum atomic E-state index is 12.4. The van der Waals surface area contributed by atoms with E-state index in [1.165, 1.54) is 0 Å². The molecule has 22 heavy (non-hydrogen) atoms. The standard InChI is InChI=1S/C18H22O3S/c1-5-21-17(19)18(3,22-6-2)15-9-7-14-12-16(20-4)10-8-13(14)11-15/h7-12H,5-6H2,1-4H3. The van der Waals surface area contributed by atoms with Gasteiger partial charge in [0.25, 0.3) is 0 Å². The van der Waals surface area contributed by atoms with E-state index in [9.17, 15) is 4.79 Å². The van der Waals surface area contributed by atoms with Crippen LogP contribution in [0.5, 0.6) is 5.75 Å². The molecule has 0 radical (unpaired) electrons. The molecular weight excluding hydrogens is 296 g/mol. The number of fused-ring (bicyclic) bond motifs is 1. The summed E-state index contributed by atoms with van der Waals surface area (Å²) in [6.07, 6.45) is 0. The molecule has 118 valence electrons. The van der Waals surface area contributed by atoms with E-state index in [1.54, 1.807) is 18.9 Å². The van der Waals surface area contributed by atoms with E-state index >= 15 is 0 Å². The topological polar surface area (TPSA) is 35.5 Å². The first-order chi connectivity index (χ1) is 10.5. The van der Waals surface area contributed by atoms with Crippen molar-refractivity contribution in [1.29, 1.82) is 0 Å². The molecular formula is C18H22O3S. The summed E-state index contributed by atoms with van der Waals surface area (Å²) in [5, 5.41) is 2.18. The Morgan fingerprint density at radius 3 is 2.45 bits per heavy atom. The largest absolute Gasteiger partial charge is 0.497 e. The van der Waals surface area contributed by atoms with Crippen LogP contribution in [0.4, 0.5) is 0 Å². The maximum Gasteiger partial charge on any atom is 0.326 e. The van der Waals surface area contributed by atoms with Gasteiger partial charge in [0, 0.05) is 0 Å². The number of ether oxygens (including phenoxy) is 2. The van der Waals surface area contributed by atoms with E-state index in [1.807, 2.05) is 51.1 Å². The van der Waals surface area contributed by atoms with Crippen LogP contribution in [0, 0.1) is 0 Å². The molecule has 0 aromatic heterocycles. The van der Waals surface area contributed by atoms with Gasteiger partial charge in [-0.1, -0.05) is 25.1 Å². The van der Waals surface area contributed by atoms with Crippen LogP contribution in [0.3, 0.4) is 0 Å². The van der Waals surface area contributed by atoms with Crippen LogP contribution in [0.15, 0.2) is 36.4 Å². The zero-order valence-corrected chi connectivity index (χ0v) is 14.3. The van der Waals surface area contributed by atoms with Crippen LogP contribution in [0.2, 0.25) is 0 Å². The molecule has 0 fully saturated rings. The second-order valence-electron chi connectivity index (χ2n) is 5.11. The van der Waals surface area contributed by atoms with Gasteiger partial charge in [0.1, 0.15) is 10.5 Å². The van der Waals surface area contributed by atoms with Gasteiger partial charge in [0.2, 0.25) is 0 Å². The Labute approximate surface area is 136 Å². The molecule has 0 spiro atoms. The van der Waals surface area contributed by atoms with E-state index in [4.69, 9.17) is 9.47 Å². The summed E-state index contributed by atoms with van der Waals surface area (Å²) in [5.41, 5.74) is 0.968. The molecule has 1 unspecified atom stereocenters. The molecule has 0 aliphatic carbocycles. The van der Waals surface area contributed by atoms with Crippen LogP contribution in [-0.2, 0) is 14.3 Å². The fourth-order valence-corrected chi connectivity index (χ4v) is 3.51. The minimum Gasteiger partial charge on any atom is -0.497 e. The molecule has 0 saturated carbocycles. The lowest BCUT2D eigenvalue weighted by Crippen LogP contribution is -2.31. The molecule has 0 amide bonds. The van der Waals surface area contributed by atoms with Crippen LogP contribution in [0.25, 0.3) is 10.8 Å². The minimum atomic E-state index is -0.682. The molecule has 0 heterocycles. The highest BCUT2D eigenvalue weighted by Gasteiger charge is 2.37. The Morgan fingerprint density at radius 2 is 1.82 bits per heavy atom. The fraction of sp³-hybridized carbons (Fsp3) is 0.389. The molecule has 0 aliphatic heterocycles. The van der Waals surface area contributed by atoms with Crippen LogP contribution in [0.1, 0.15) is 26.3 Å². The van der Waals surface area contributed by atoms with Crippen molar-refractivity contribution in [2.45, 2.75) is 25.5 Å². The molecule has 0 aliphatic rings. The molecule has 0 bridgehead atoms. The average Bonchev–Trinajstić information content (AvgIpc) is 2.54. The maximum absolute atomic E-state index is 12.4. The highest BCUT2D eigenvalue weighted by atomic mass is 32.2. The number of benzene rings is 2. The number of carbonyl (C=O) groups excluding carboxylic acids is 1. The fourth-order valence-electron chi connectivity index (χ4n) is 2.47. The first-order valence-electron chi connectivity index (χ1n) is 7.44. The summed E-state index contributed by atoms with van der Waals surface area (Å²) in [4.78, 5) is 12.4. The lowest BCUT2D eigenvalue weighted by atomic mass is 9.97. The van der Waals surface area contributed by atoms with Gasteiger partial charge >= 0.3 is 5.97 Å². The van der Waals surface area contributed by atoms with Crippen molar-refractivity contribution < 1.29 is 14.3 Å². The highest BCUT2D eigenvalue weighted by Crippen LogP contribution is 2.39. The van der Waals surface area contributed by atoms with E-state index in [0.29, 0.717) is 6.61 Å². The lowest BCUT2D eigenvalue weighted by Gasteiger charge is -2.27.